The summed E-state index contributed by atoms with van der Waals surface area (Å²) in [6.45, 7) is 4.03. The van der Waals surface area contributed by atoms with Crippen molar-refractivity contribution in [1.82, 2.24) is 15.7 Å². The summed E-state index contributed by atoms with van der Waals surface area (Å²) < 4.78 is 33.0. The van der Waals surface area contributed by atoms with E-state index in [-0.39, 0.29) is 36.8 Å². The Morgan fingerprint density at radius 1 is 1.24 bits per heavy atom. The molecule has 1 unspecified atom stereocenters. The van der Waals surface area contributed by atoms with E-state index >= 15 is 0 Å². The molecule has 1 aromatic carbocycles. The summed E-state index contributed by atoms with van der Waals surface area (Å²) in [7, 11) is 0. The molecule has 0 aromatic heterocycles. The minimum absolute atomic E-state index is 0.0498. The van der Waals surface area contributed by atoms with Crippen LogP contribution in [-0.2, 0) is 30.5 Å². The predicted molar refractivity (Wildman–Crippen MR) is 114 cm³/mol. The summed E-state index contributed by atoms with van der Waals surface area (Å²) in [5.74, 6) is -3.34. The smallest absolute Gasteiger partial charge is 0.266 e. The zero-order valence-electron chi connectivity index (χ0n) is 18.9. The van der Waals surface area contributed by atoms with Crippen molar-refractivity contribution in [2.45, 2.75) is 77.3 Å². The highest BCUT2D eigenvalue weighted by molar-refractivity contribution is 5.88. The summed E-state index contributed by atoms with van der Waals surface area (Å²) in [6.07, 6.45) is 2.66. The molecule has 2 saturated heterocycles. The maximum Gasteiger partial charge on any atom is 0.266 e. The van der Waals surface area contributed by atoms with E-state index in [1.807, 2.05) is 0 Å². The maximum absolute atomic E-state index is 14.1. The minimum atomic E-state index is -1.00. The van der Waals surface area contributed by atoms with Crippen molar-refractivity contribution in [2.24, 2.45) is 5.92 Å². The lowest BCUT2D eigenvalue weighted by molar-refractivity contribution is -0.201. The van der Waals surface area contributed by atoms with Crippen LogP contribution in [-0.4, -0.2) is 47.6 Å². The highest BCUT2D eigenvalue weighted by Crippen LogP contribution is 2.25. The first-order valence-electron chi connectivity index (χ1n) is 11.3. The monoisotopic (exact) mass is 467 g/mol. The molecule has 0 aliphatic carbocycles. The molecule has 0 radical (unpaired) electrons. The van der Waals surface area contributed by atoms with Crippen LogP contribution >= 0.6 is 0 Å². The van der Waals surface area contributed by atoms with Gasteiger partial charge in [-0.1, -0.05) is 26.0 Å². The van der Waals surface area contributed by atoms with Gasteiger partial charge in [0.2, 0.25) is 11.8 Å². The number of nitrogens with zero attached hydrogens (tertiary/aromatic N) is 1. The largest absolute Gasteiger partial charge is 0.350 e. The Morgan fingerprint density at radius 2 is 2.03 bits per heavy atom. The number of carbonyl (C=O) groups excluding carboxylic acids is 3. The number of likely N-dealkylation sites (tertiary alicyclic amines) is 1. The summed E-state index contributed by atoms with van der Waals surface area (Å²) in [6, 6.07) is 2.49. The molecule has 3 amide bonds. The first-order chi connectivity index (χ1) is 15.8. The zero-order valence-corrected chi connectivity index (χ0v) is 18.9. The second-order valence-electron chi connectivity index (χ2n) is 8.80. The number of hydrogen-bond acceptors (Lipinski definition) is 5. The van der Waals surface area contributed by atoms with Crippen LogP contribution in [0.1, 0.15) is 57.9 Å². The number of amides is 3. The van der Waals surface area contributed by atoms with E-state index in [1.165, 1.54) is 17.0 Å². The zero-order chi connectivity index (χ0) is 24.0. The van der Waals surface area contributed by atoms with E-state index in [0.717, 1.165) is 18.9 Å². The lowest BCUT2D eigenvalue weighted by Crippen LogP contribution is -2.51. The molecular weight excluding hydrogens is 436 g/mol. The van der Waals surface area contributed by atoms with Gasteiger partial charge in [-0.15, -0.1) is 0 Å². The molecule has 2 heterocycles. The molecule has 0 bridgehead atoms. The topological polar surface area (TPSA) is 97.0 Å². The number of carbonyl (C=O) groups is 3. The van der Waals surface area contributed by atoms with Crippen LogP contribution in [0.25, 0.3) is 0 Å². The number of ether oxygens (including phenoxy) is 1. The van der Waals surface area contributed by atoms with Crippen molar-refractivity contribution >= 4 is 17.7 Å². The third kappa shape index (κ3) is 6.70. The first-order valence-corrected chi connectivity index (χ1v) is 11.3. The van der Waals surface area contributed by atoms with Crippen LogP contribution in [0, 0.1) is 17.6 Å². The quantitative estimate of drug-likeness (QED) is 0.544. The van der Waals surface area contributed by atoms with Gasteiger partial charge in [-0.05, 0) is 31.2 Å². The molecule has 2 fully saturated rings. The van der Waals surface area contributed by atoms with Gasteiger partial charge in [-0.3, -0.25) is 14.4 Å². The summed E-state index contributed by atoms with van der Waals surface area (Å²) >= 11 is 0. The minimum Gasteiger partial charge on any atom is -0.350 e. The third-order valence-corrected chi connectivity index (χ3v) is 5.94. The van der Waals surface area contributed by atoms with E-state index in [9.17, 15) is 23.2 Å². The van der Waals surface area contributed by atoms with E-state index < -0.39 is 41.8 Å². The van der Waals surface area contributed by atoms with Crippen molar-refractivity contribution < 1.29 is 32.7 Å². The molecule has 1 aromatic rings. The van der Waals surface area contributed by atoms with Crippen molar-refractivity contribution in [3.05, 3.63) is 35.4 Å². The van der Waals surface area contributed by atoms with Crippen molar-refractivity contribution in [3.8, 4) is 0 Å². The Bertz CT molecular complexity index is 860. The average Bonchev–Trinajstić information content (AvgIpc) is 3.13. The third-order valence-electron chi connectivity index (χ3n) is 5.94. The van der Waals surface area contributed by atoms with Gasteiger partial charge in [0.1, 0.15) is 6.04 Å². The summed E-state index contributed by atoms with van der Waals surface area (Å²) in [5, 5.41) is 2.71. The molecule has 10 heteroatoms. The van der Waals surface area contributed by atoms with E-state index in [1.54, 1.807) is 13.8 Å². The van der Waals surface area contributed by atoms with E-state index in [2.05, 4.69) is 10.8 Å². The fraction of sp³-hybridized carbons (Fsp3) is 0.609. The van der Waals surface area contributed by atoms with Crippen molar-refractivity contribution in [3.63, 3.8) is 0 Å². The van der Waals surface area contributed by atoms with Gasteiger partial charge in [0, 0.05) is 44.0 Å². The standard InChI is InChI=1S/C23H31F2N3O5/c1-14(2)22(23(31)27-33-20-8-3-4-11-32-20)26-18(29)12-16-9-10-19(30)28(16)13-15-6-5-7-17(24)21(15)25/h5-7,14,16,20,22H,3-4,8-13H2,1-2H3,(H,26,29)(H,27,31)/t16-,20?,22+/m0/s1. The van der Waals surface area contributed by atoms with Crippen LogP contribution < -0.4 is 10.8 Å². The predicted octanol–water partition coefficient (Wildman–Crippen LogP) is 2.56. The Kier molecular flexibility index (Phi) is 8.74. The molecule has 182 valence electrons. The van der Waals surface area contributed by atoms with Crippen LogP contribution in [0.15, 0.2) is 18.2 Å². The molecule has 3 rings (SSSR count). The summed E-state index contributed by atoms with van der Waals surface area (Å²) in [5.41, 5.74) is 2.43. The van der Waals surface area contributed by atoms with Gasteiger partial charge in [0.15, 0.2) is 17.9 Å². The normalized spacial score (nSPS) is 21.8. The molecule has 0 saturated carbocycles. The SMILES string of the molecule is CC(C)[C@@H](NC(=O)C[C@@H]1CCC(=O)N1Cc1cccc(F)c1F)C(=O)NOC1CCCCO1. The number of hydroxylamine groups is 1. The lowest BCUT2D eigenvalue weighted by Gasteiger charge is -2.27. The van der Waals surface area contributed by atoms with Gasteiger partial charge < -0.3 is 15.0 Å². The van der Waals surface area contributed by atoms with E-state index in [0.29, 0.717) is 19.4 Å². The fourth-order valence-corrected chi connectivity index (χ4v) is 4.05. The second kappa shape index (κ2) is 11.5. The van der Waals surface area contributed by atoms with Crippen LogP contribution in [0.3, 0.4) is 0 Å². The molecule has 2 aliphatic rings. The molecule has 33 heavy (non-hydrogen) atoms. The molecule has 3 atom stereocenters. The molecular formula is C23H31F2N3O5. The number of benzene rings is 1. The van der Waals surface area contributed by atoms with Crippen LogP contribution in [0.5, 0.6) is 0 Å². The van der Waals surface area contributed by atoms with Crippen molar-refractivity contribution in [1.29, 1.82) is 0 Å². The van der Waals surface area contributed by atoms with Crippen LogP contribution in [0.2, 0.25) is 0 Å². The maximum atomic E-state index is 14.1. The fourth-order valence-electron chi connectivity index (χ4n) is 4.05. The first kappa shape index (κ1) is 25.0. The molecule has 2 N–H and O–H groups in total. The van der Waals surface area contributed by atoms with E-state index in [4.69, 9.17) is 9.57 Å². The average molecular weight is 468 g/mol. The van der Waals surface area contributed by atoms with Gasteiger partial charge in [-0.2, -0.15) is 0 Å². The van der Waals surface area contributed by atoms with Crippen LogP contribution in [0.4, 0.5) is 8.78 Å². The highest BCUT2D eigenvalue weighted by atomic mass is 19.2. The molecule has 8 nitrogen and oxygen atoms in total. The highest BCUT2D eigenvalue weighted by Gasteiger charge is 2.34. The molecule has 2 aliphatic heterocycles. The second-order valence-corrected chi connectivity index (χ2v) is 8.80. The Hall–Kier alpha value is -2.59. The number of halogens is 2. The van der Waals surface area contributed by atoms with Gasteiger partial charge >= 0.3 is 0 Å². The van der Waals surface area contributed by atoms with Gasteiger partial charge in [0.25, 0.3) is 5.91 Å². The van der Waals surface area contributed by atoms with Gasteiger partial charge in [0.05, 0.1) is 0 Å². The Balaban J connectivity index is 1.56. The Morgan fingerprint density at radius 3 is 2.73 bits per heavy atom. The van der Waals surface area contributed by atoms with Gasteiger partial charge in [-0.25, -0.2) is 19.1 Å². The lowest BCUT2D eigenvalue weighted by atomic mass is 10.0. The number of hydrogen-bond donors (Lipinski definition) is 2. The summed E-state index contributed by atoms with van der Waals surface area (Å²) in [4.78, 5) is 44.3. The molecule has 0 spiro atoms. The van der Waals surface area contributed by atoms with Crippen molar-refractivity contribution in [2.75, 3.05) is 6.61 Å². The number of rotatable bonds is 9. The Labute approximate surface area is 191 Å². The number of nitrogens with one attached hydrogen (secondary N) is 2.